The van der Waals surface area contributed by atoms with E-state index in [1.54, 1.807) is 36.3 Å². The Morgan fingerprint density at radius 1 is 1.23 bits per heavy atom. The standard InChI is InChI=1S/C19H22N2O5/c1-26-14-6-4-13(5-7-14)16(22)21-9-15-17(23)20(8-12-2-3-12)10-19(15,11-21)18(24)25/h4-7,12,15H,2-3,8-11H2,1H3,(H,24,25)/t15-,19+/m0/s1. The molecule has 7 nitrogen and oxygen atoms in total. The third-order valence-electron chi connectivity index (χ3n) is 5.85. The van der Waals surface area contributed by atoms with Crippen LogP contribution in [0.3, 0.4) is 0 Å². The number of aliphatic carboxylic acids is 1. The number of amides is 2. The Kier molecular flexibility index (Phi) is 3.89. The van der Waals surface area contributed by atoms with Gasteiger partial charge < -0.3 is 19.6 Å². The second-order valence-corrected chi connectivity index (χ2v) is 7.59. The molecular formula is C19H22N2O5. The molecule has 1 aromatic rings. The lowest BCUT2D eigenvalue weighted by atomic mass is 9.81. The summed E-state index contributed by atoms with van der Waals surface area (Å²) in [4.78, 5) is 40.8. The van der Waals surface area contributed by atoms with E-state index in [0.717, 1.165) is 12.8 Å². The van der Waals surface area contributed by atoms with Crippen LogP contribution in [0.1, 0.15) is 23.2 Å². The van der Waals surface area contributed by atoms with Crippen molar-refractivity contribution in [3.63, 3.8) is 0 Å². The smallest absolute Gasteiger partial charge is 0.314 e. The zero-order chi connectivity index (χ0) is 18.5. The summed E-state index contributed by atoms with van der Waals surface area (Å²) in [6.45, 7) is 1.09. The van der Waals surface area contributed by atoms with Gasteiger partial charge in [-0.3, -0.25) is 14.4 Å². The first-order valence-corrected chi connectivity index (χ1v) is 8.90. The third-order valence-corrected chi connectivity index (χ3v) is 5.85. The zero-order valence-electron chi connectivity index (χ0n) is 14.7. The number of rotatable bonds is 5. The van der Waals surface area contributed by atoms with Gasteiger partial charge in [-0.2, -0.15) is 0 Å². The van der Waals surface area contributed by atoms with Crippen molar-refractivity contribution in [2.75, 3.05) is 33.3 Å². The van der Waals surface area contributed by atoms with Gasteiger partial charge in [-0.1, -0.05) is 0 Å². The van der Waals surface area contributed by atoms with E-state index in [-0.39, 0.29) is 31.4 Å². The van der Waals surface area contributed by atoms with E-state index in [4.69, 9.17) is 4.74 Å². The molecule has 0 radical (unpaired) electrons. The molecule has 26 heavy (non-hydrogen) atoms. The van der Waals surface area contributed by atoms with E-state index < -0.39 is 17.3 Å². The topological polar surface area (TPSA) is 87.2 Å². The molecule has 2 heterocycles. The van der Waals surface area contributed by atoms with E-state index in [2.05, 4.69) is 0 Å². The number of carboxylic acid groups (broad SMARTS) is 1. The highest BCUT2D eigenvalue weighted by molar-refractivity contribution is 5.98. The number of nitrogens with zero attached hydrogens (tertiary/aromatic N) is 2. The maximum absolute atomic E-state index is 12.8. The number of benzene rings is 1. The number of likely N-dealkylation sites (tertiary alicyclic amines) is 2. The molecule has 2 saturated heterocycles. The van der Waals surface area contributed by atoms with Gasteiger partial charge in [-0.15, -0.1) is 0 Å². The lowest BCUT2D eigenvalue weighted by molar-refractivity contribution is -0.149. The van der Waals surface area contributed by atoms with Crippen molar-refractivity contribution in [3.8, 4) is 5.75 Å². The van der Waals surface area contributed by atoms with Crippen LogP contribution >= 0.6 is 0 Å². The second-order valence-electron chi connectivity index (χ2n) is 7.59. The summed E-state index contributed by atoms with van der Waals surface area (Å²) in [5.74, 6) is -0.845. The lowest BCUT2D eigenvalue weighted by Gasteiger charge is -2.25. The van der Waals surface area contributed by atoms with Crippen LogP contribution in [0, 0.1) is 17.3 Å². The van der Waals surface area contributed by atoms with E-state index in [1.165, 1.54) is 4.90 Å². The van der Waals surface area contributed by atoms with E-state index in [0.29, 0.717) is 23.8 Å². The van der Waals surface area contributed by atoms with Crippen molar-refractivity contribution in [2.24, 2.45) is 17.3 Å². The summed E-state index contributed by atoms with van der Waals surface area (Å²) < 4.78 is 5.09. The van der Waals surface area contributed by atoms with Crippen molar-refractivity contribution >= 4 is 17.8 Å². The number of hydrogen-bond acceptors (Lipinski definition) is 4. The minimum Gasteiger partial charge on any atom is -0.497 e. The molecule has 0 aromatic heterocycles. The zero-order valence-corrected chi connectivity index (χ0v) is 14.7. The van der Waals surface area contributed by atoms with Crippen LogP contribution in [0.4, 0.5) is 0 Å². The van der Waals surface area contributed by atoms with E-state index in [9.17, 15) is 19.5 Å². The van der Waals surface area contributed by atoms with Crippen LogP contribution < -0.4 is 4.74 Å². The Morgan fingerprint density at radius 2 is 1.92 bits per heavy atom. The number of hydrogen-bond donors (Lipinski definition) is 1. The molecular weight excluding hydrogens is 336 g/mol. The van der Waals surface area contributed by atoms with Gasteiger partial charge in [0.25, 0.3) is 5.91 Å². The van der Waals surface area contributed by atoms with Gasteiger partial charge in [-0.25, -0.2) is 0 Å². The maximum Gasteiger partial charge on any atom is 0.314 e. The van der Waals surface area contributed by atoms with Gasteiger partial charge in [0.1, 0.15) is 11.2 Å². The van der Waals surface area contributed by atoms with Crippen LogP contribution in [0.15, 0.2) is 24.3 Å². The molecule has 0 unspecified atom stereocenters. The summed E-state index contributed by atoms with van der Waals surface area (Å²) in [5, 5.41) is 9.86. The van der Waals surface area contributed by atoms with Crippen LogP contribution in [-0.2, 0) is 9.59 Å². The number of carbonyl (C=O) groups excluding carboxylic acids is 2. The first-order chi connectivity index (χ1) is 12.4. The van der Waals surface area contributed by atoms with Gasteiger partial charge in [0.2, 0.25) is 5.91 Å². The second kappa shape index (κ2) is 6.00. The number of carboxylic acids is 1. The molecule has 7 heteroatoms. The van der Waals surface area contributed by atoms with Crippen molar-refractivity contribution in [1.82, 2.24) is 9.80 Å². The first kappa shape index (κ1) is 16.9. The number of fused-ring (bicyclic) bond motifs is 1. The quantitative estimate of drug-likeness (QED) is 0.851. The number of ether oxygens (including phenoxy) is 1. The summed E-state index contributed by atoms with van der Waals surface area (Å²) in [6, 6.07) is 6.70. The van der Waals surface area contributed by atoms with Gasteiger partial charge in [0, 0.05) is 31.7 Å². The molecule has 3 aliphatic rings. The van der Waals surface area contributed by atoms with Crippen LogP contribution in [0.2, 0.25) is 0 Å². The Morgan fingerprint density at radius 3 is 2.46 bits per heavy atom. The Labute approximate surface area is 151 Å². The Bertz CT molecular complexity index is 758. The van der Waals surface area contributed by atoms with Gasteiger partial charge in [0.15, 0.2) is 0 Å². The monoisotopic (exact) mass is 358 g/mol. The average Bonchev–Trinajstić information content (AvgIpc) is 3.31. The molecule has 1 saturated carbocycles. The van der Waals surface area contributed by atoms with E-state index in [1.807, 2.05) is 0 Å². The van der Waals surface area contributed by atoms with Gasteiger partial charge in [-0.05, 0) is 43.0 Å². The molecule has 0 spiro atoms. The summed E-state index contributed by atoms with van der Waals surface area (Å²) in [6.07, 6.45) is 2.22. The molecule has 2 amide bonds. The molecule has 4 rings (SSSR count). The predicted molar refractivity (Wildman–Crippen MR) is 91.8 cm³/mol. The fraction of sp³-hybridized carbons (Fsp3) is 0.526. The van der Waals surface area contributed by atoms with E-state index >= 15 is 0 Å². The first-order valence-electron chi connectivity index (χ1n) is 8.90. The van der Waals surface area contributed by atoms with Crippen LogP contribution in [0.5, 0.6) is 5.75 Å². The maximum atomic E-state index is 12.8. The fourth-order valence-electron chi connectivity index (χ4n) is 4.15. The highest BCUT2D eigenvalue weighted by Crippen LogP contribution is 2.45. The Balaban J connectivity index is 1.54. The third kappa shape index (κ3) is 2.62. The Hall–Kier alpha value is -2.57. The predicted octanol–water partition coefficient (Wildman–Crippen LogP) is 1.09. The molecule has 1 N–H and O–H groups in total. The largest absolute Gasteiger partial charge is 0.497 e. The van der Waals surface area contributed by atoms with Crippen molar-refractivity contribution in [2.45, 2.75) is 12.8 Å². The summed E-state index contributed by atoms with van der Waals surface area (Å²) in [7, 11) is 1.55. The average molecular weight is 358 g/mol. The van der Waals surface area contributed by atoms with Gasteiger partial charge in [0.05, 0.1) is 13.0 Å². The SMILES string of the molecule is COc1ccc(C(=O)N2C[C@H]3C(=O)N(CC4CC4)C[C@@]3(C(=O)O)C2)cc1. The minimum absolute atomic E-state index is 0.0742. The molecule has 1 aliphatic carbocycles. The van der Waals surface area contributed by atoms with Crippen LogP contribution in [0.25, 0.3) is 0 Å². The molecule has 2 aliphatic heterocycles. The molecule has 138 valence electrons. The van der Waals surface area contributed by atoms with Crippen molar-refractivity contribution in [3.05, 3.63) is 29.8 Å². The molecule has 2 atom stereocenters. The molecule has 0 bridgehead atoms. The summed E-state index contributed by atoms with van der Waals surface area (Å²) in [5.41, 5.74) is -0.720. The molecule has 1 aromatic carbocycles. The van der Waals surface area contributed by atoms with Gasteiger partial charge >= 0.3 is 5.97 Å². The van der Waals surface area contributed by atoms with Crippen molar-refractivity contribution < 1.29 is 24.2 Å². The highest BCUT2D eigenvalue weighted by Gasteiger charge is 2.63. The van der Waals surface area contributed by atoms with Crippen molar-refractivity contribution in [1.29, 1.82) is 0 Å². The number of carbonyl (C=O) groups is 3. The highest BCUT2D eigenvalue weighted by atomic mass is 16.5. The number of methoxy groups -OCH3 is 1. The van der Waals surface area contributed by atoms with Crippen LogP contribution in [-0.4, -0.2) is 66.0 Å². The fourth-order valence-corrected chi connectivity index (χ4v) is 4.15. The normalized spacial score (nSPS) is 27.6. The summed E-state index contributed by atoms with van der Waals surface area (Å²) >= 11 is 0. The molecule has 3 fully saturated rings. The lowest BCUT2D eigenvalue weighted by Crippen LogP contribution is -2.42. The minimum atomic E-state index is -1.19.